The summed E-state index contributed by atoms with van der Waals surface area (Å²) in [5.41, 5.74) is 6.68. The van der Waals surface area contributed by atoms with Crippen molar-refractivity contribution in [2.24, 2.45) is 0 Å². The molecule has 172 valence electrons. The maximum absolute atomic E-state index is 12.4. The first-order valence-electron chi connectivity index (χ1n) is 11.0. The predicted octanol–water partition coefficient (Wildman–Crippen LogP) is 0.753. The third-order valence-electron chi connectivity index (χ3n) is 5.57. The quantitative estimate of drug-likeness (QED) is 0.412. The molecule has 3 heterocycles. The first kappa shape index (κ1) is 23.0. The van der Waals surface area contributed by atoms with Crippen LogP contribution in [0.4, 0.5) is 5.82 Å². The van der Waals surface area contributed by atoms with E-state index in [0.29, 0.717) is 30.9 Å². The third-order valence-corrected chi connectivity index (χ3v) is 5.57. The molecule has 1 aliphatic heterocycles. The van der Waals surface area contributed by atoms with E-state index in [1.807, 2.05) is 0 Å². The molecule has 1 aliphatic rings. The molecule has 3 rings (SSSR count). The molecule has 0 bridgehead atoms. The van der Waals surface area contributed by atoms with Crippen molar-refractivity contribution in [3.8, 4) is 6.01 Å². The number of piperazine rings is 1. The monoisotopic (exact) mass is 435 g/mol. The molecule has 1 saturated heterocycles. The summed E-state index contributed by atoms with van der Waals surface area (Å²) in [5, 5.41) is 8.80. The van der Waals surface area contributed by atoms with Crippen LogP contribution in [0.25, 0.3) is 11.2 Å². The van der Waals surface area contributed by atoms with Crippen LogP contribution in [0.15, 0.2) is 4.79 Å². The van der Waals surface area contributed by atoms with Gasteiger partial charge in [0.05, 0.1) is 13.0 Å². The van der Waals surface area contributed by atoms with E-state index in [4.69, 9.17) is 15.6 Å². The van der Waals surface area contributed by atoms with Crippen molar-refractivity contribution < 1.29 is 14.6 Å². The van der Waals surface area contributed by atoms with Crippen molar-refractivity contribution >= 4 is 23.0 Å². The van der Waals surface area contributed by atoms with E-state index < -0.39 is 5.97 Å². The van der Waals surface area contributed by atoms with Crippen LogP contribution in [0.3, 0.4) is 0 Å². The highest BCUT2D eigenvalue weighted by Crippen LogP contribution is 2.18. The highest BCUT2D eigenvalue weighted by molar-refractivity contribution is 5.81. The maximum atomic E-state index is 12.4. The number of anilines is 1. The van der Waals surface area contributed by atoms with Crippen LogP contribution in [-0.2, 0) is 11.3 Å². The summed E-state index contributed by atoms with van der Waals surface area (Å²) >= 11 is 0. The number of carboxylic acids is 1. The summed E-state index contributed by atoms with van der Waals surface area (Å²) in [4.78, 5) is 38.9. The van der Waals surface area contributed by atoms with Gasteiger partial charge in [0.25, 0.3) is 0 Å². The Bertz CT molecular complexity index is 918. The molecule has 11 heteroatoms. The molecule has 0 aliphatic carbocycles. The number of carbonyl (C=O) groups is 1. The van der Waals surface area contributed by atoms with Crippen LogP contribution in [-0.4, -0.2) is 86.3 Å². The molecule has 0 amide bonds. The molecule has 2 aromatic rings. The molecule has 0 radical (unpaired) electrons. The zero-order valence-corrected chi connectivity index (χ0v) is 18.2. The lowest BCUT2D eigenvalue weighted by molar-refractivity contribution is -0.137. The van der Waals surface area contributed by atoms with Crippen LogP contribution < -0.4 is 16.2 Å². The van der Waals surface area contributed by atoms with Crippen LogP contribution >= 0.6 is 0 Å². The number of hydrogen-bond donors (Lipinski definition) is 3. The van der Waals surface area contributed by atoms with Gasteiger partial charge < -0.3 is 30.4 Å². The van der Waals surface area contributed by atoms with Gasteiger partial charge in [-0.25, -0.2) is 4.79 Å². The fourth-order valence-electron chi connectivity index (χ4n) is 3.71. The molecular weight excluding hydrogens is 402 g/mol. The topological polar surface area (TPSA) is 143 Å². The Hall–Kier alpha value is -2.66. The van der Waals surface area contributed by atoms with Crippen molar-refractivity contribution in [3.05, 3.63) is 10.5 Å². The number of nitrogens with two attached hydrogens (primary N) is 1. The number of nitrogens with one attached hydrogen (secondary N) is 1. The number of carboxylic acid groups (broad SMARTS) is 1. The summed E-state index contributed by atoms with van der Waals surface area (Å²) in [6, 6.07) is 0.201. The Morgan fingerprint density at radius 1 is 1.10 bits per heavy atom. The van der Waals surface area contributed by atoms with Crippen molar-refractivity contribution in [2.75, 3.05) is 51.6 Å². The zero-order valence-electron chi connectivity index (χ0n) is 18.2. The summed E-state index contributed by atoms with van der Waals surface area (Å²) in [6.07, 6.45) is 3.88. The number of aryl methyl sites for hydroxylation is 1. The fraction of sp³-hybridized carbons (Fsp3) is 0.700. The Morgan fingerprint density at radius 3 is 2.45 bits per heavy atom. The minimum atomic E-state index is -0.748. The van der Waals surface area contributed by atoms with Gasteiger partial charge in [-0.1, -0.05) is 13.3 Å². The summed E-state index contributed by atoms with van der Waals surface area (Å²) in [5.74, 6) is -0.533. The summed E-state index contributed by atoms with van der Waals surface area (Å²) in [6.45, 7) is 8.36. The molecule has 0 aromatic carbocycles. The van der Waals surface area contributed by atoms with E-state index in [9.17, 15) is 9.59 Å². The second-order valence-electron chi connectivity index (χ2n) is 7.91. The SMILES string of the molecule is CCCCOc1nc(N)c2[nH]c(=O)n(CCCCN3CCN(CCC(=O)O)CC3)c2n1. The molecule has 0 saturated carbocycles. The van der Waals surface area contributed by atoms with Gasteiger partial charge in [-0.2, -0.15) is 9.97 Å². The van der Waals surface area contributed by atoms with Gasteiger partial charge in [0.1, 0.15) is 5.52 Å². The van der Waals surface area contributed by atoms with E-state index in [1.54, 1.807) is 4.57 Å². The number of aliphatic carboxylic acids is 1. The lowest BCUT2D eigenvalue weighted by atomic mass is 10.2. The number of ether oxygens (including phenoxy) is 1. The molecule has 4 N–H and O–H groups in total. The van der Waals surface area contributed by atoms with Gasteiger partial charge in [0.15, 0.2) is 11.5 Å². The summed E-state index contributed by atoms with van der Waals surface area (Å²) < 4.78 is 7.17. The van der Waals surface area contributed by atoms with E-state index >= 15 is 0 Å². The molecule has 2 aromatic heterocycles. The second-order valence-corrected chi connectivity index (χ2v) is 7.91. The van der Waals surface area contributed by atoms with Gasteiger partial charge >= 0.3 is 17.7 Å². The van der Waals surface area contributed by atoms with E-state index in [2.05, 4.69) is 31.7 Å². The van der Waals surface area contributed by atoms with Gasteiger partial charge in [-0.15, -0.1) is 0 Å². The fourth-order valence-corrected chi connectivity index (χ4v) is 3.71. The smallest absolute Gasteiger partial charge is 0.327 e. The number of H-pyrrole nitrogens is 1. The Balaban J connectivity index is 1.49. The highest BCUT2D eigenvalue weighted by atomic mass is 16.5. The van der Waals surface area contributed by atoms with Crippen molar-refractivity contribution in [1.29, 1.82) is 0 Å². The Kier molecular flexibility index (Phi) is 8.24. The normalized spacial score (nSPS) is 15.5. The van der Waals surface area contributed by atoms with Crippen LogP contribution in [0.5, 0.6) is 6.01 Å². The van der Waals surface area contributed by atoms with E-state index in [0.717, 1.165) is 58.4 Å². The molecule has 11 nitrogen and oxygen atoms in total. The average Bonchev–Trinajstić information content (AvgIpc) is 3.06. The predicted molar refractivity (Wildman–Crippen MR) is 117 cm³/mol. The molecule has 1 fully saturated rings. The lowest BCUT2D eigenvalue weighted by Gasteiger charge is -2.34. The highest BCUT2D eigenvalue weighted by Gasteiger charge is 2.18. The van der Waals surface area contributed by atoms with Crippen LogP contribution in [0.2, 0.25) is 0 Å². The number of nitrogen functional groups attached to an aromatic ring is 1. The first-order valence-corrected chi connectivity index (χ1v) is 11.0. The van der Waals surface area contributed by atoms with Crippen molar-refractivity contribution in [3.63, 3.8) is 0 Å². The van der Waals surface area contributed by atoms with E-state index in [1.165, 1.54) is 0 Å². The largest absolute Gasteiger partial charge is 0.481 e. The lowest BCUT2D eigenvalue weighted by Crippen LogP contribution is -2.47. The minimum absolute atomic E-state index is 0.193. The Morgan fingerprint density at radius 2 is 1.77 bits per heavy atom. The van der Waals surface area contributed by atoms with Crippen molar-refractivity contribution in [1.82, 2.24) is 29.3 Å². The number of hydrogen-bond acceptors (Lipinski definition) is 8. The number of aromatic amines is 1. The Labute approximate surface area is 181 Å². The zero-order chi connectivity index (χ0) is 22.2. The number of rotatable bonds is 12. The maximum Gasteiger partial charge on any atom is 0.327 e. The molecule has 0 unspecified atom stereocenters. The van der Waals surface area contributed by atoms with Gasteiger partial charge in [0.2, 0.25) is 0 Å². The van der Waals surface area contributed by atoms with Gasteiger partial charge in [-0.05, 0) is 25.8 Å². The van der Waals surface area contributed by atoms with Gasteiger partial charge in [-0.3, -0.25) is 9.36 Å². The number of unbranched alkanes of at least 4 members (excludes halogenated alkanes) is 2. The van der Waals surface area contributed by atoms with E-state index in [-0.39, 0.29) is 23.9 Å². The average molecular weight is 436 g/mol. The summed E-state index contributed by atoms with van der Waals surface area (Å²) in [7, 11) is 0. The number of aromatic nitrogens is 4. The molecule has 0 spiro atoms. The third kappa shape index (κ3) is 6.41. The van der Waals surface area contributed by atoms with Crippen LogP contribution in [0, 0.1) is 0 Å². The van der Waals surface area contributed by atoms with Crippen molar-refractivity contribution in [2.45, 2.75) is 45.6 Å². The standard InChI is InChI=1S/C20H33N7O4/c1-2-3-14-31-19-23-17(21)16-18(24-19)27(20(30)22-16)8-5-4-7-25-10-12-26(13-11-25)9-6-15(28)29/h2-14H2,1H3,(H,22,30)(H,28,29)(H2,21,23,24). The number of nitrogens with zero attached hydrogens (tertiary/aromatic N) is 5. The molecular formula is C20H33N7O4. The minimum Gasteiger partial charge on any atom is -0.481 e. The van der Waals surface area contributed by atoms with Gasteiger partial charge in [0, 0.05) is 39.3 Å². The number of imidazole rings is 1. The first-order chi connectivity index (χ1) is 15.0. The second kappa shape index (κ2) is 11.1. The van der Waals surface area contributed by atoms with Crippen LogP contribution in [0.1, 0.15) is 39.0 Å². The molecule has 0 atom stereocenters. The number of fused-ring (bicyclic) bond motifs is 1. The molecule has 31 heavy (non-hydrogen) atoms.